The Kier molecular flexibility index (Phi) is 5.08. The molecule has 1 rings (SSSR count). The highest BCUT2D eigenvalue weighted by atomic mass is 79.9. The van der Waals surface area contributed by atoms with Crippen molar-refractivity contribution < 1.29 is 14.6 Å². The van der Waals surface area contributed by atoms with E-state index in [9.17, 15) is 0 Å². The van der Waals surface area contributed by atoms with Crippen molar-refractivity contribution in [1.29, 1.82) is 0 Å². The van der Waals surface area contributed by atoms with E-state index in [4.69, 9.17) is 14.6 Å². The normalized spacial score (nSPS) is 10.4. The number of aliphatic hydroxyl groups is 1. The summed E-state index contributed by atoms with van der Waals surface area (Å²) in [6.45, 7) is 4.73. The molecule has 0 aliphatic heterocycles. The van der Waals surface area contributed by atoms with Gasteiger partial charge in [-0.05, 0) is 47.0 Å². The van der Waals surface area contributed by atoms with Crippen molar-refractivity contribution in [3.8, 4) is 5.75 Å². The molecule has 0 unspecified atom stereocenters. The lowest BCUT2D eigenvalue weighted by molar-refractivity contribution is 0.0218. The molecule has 0 aliphatic rings. The molecule has 15 heavy (non-hydrogen) atoms. The lowest BCUT2D eigenvalue weighted by Gasteiger charge is -2.11. The fourth-order valence-electron chi connectivity index (χ4n) is 1.19. The molecule has 0 saturated carbocycles. The molecule has 0 aromatic heterocycles. The van der Waals surface area contributed by atoms with Gasteiger partial charge in [-0.3, -0.25) is 0 Å². The number of benzene rings is 1. The molecule has 0 bridgehead atoms. The van der Waals surface area contributed by atoms with E-state index in [0.29, 0.717) is 12.4 Å². The van der Waals surface area contributed by atoms with E-state index >= 15 is 0 Å². The zero-order valence-corrected chi connectivity index (χ0v) is 10.5. The van der Waals surface area contributed by atoms with E-state index in [0.717, 1.165) is 15.6 Å². The average molecular weight is 275 g/mol. The minimum atomic E-state index is 0.0130. The minimum Gasteiger partial charge on any atom is -0.466 e. The van der Waals surface area contributed by atoms with Crippen molar-refractivity contribution in [2.75, 3.05) is 13.4 Å². The van der Waals surface area contributed by atoms with Crippen molar-refractivity contribution in [3.63, 3.8) is 0 Å². The summed E-state index contributed by atoms with van der Waals surface area (Å²) in [7, 11) is 0. The highest BCUT2D eigenvalue weighted by molar-refractivity contribution is 9.10. The van der Waals surface area contributed by atoms with Gasteiger partial charge in [-0.25, -0.2) is 0 Å². The van der Waals surface area contributed by atoms with Gasteiger partial charge in [0.05, 0.1) is 11.1 Å². The quantitative estimate of drug-likeness (QED) is 0.663. The second kappa shape index (κ2) is 6.10. The molecule has 3 nitrogen and oxygen atoms in total. The van der Waals surface area contributed by atoms with Crippen molar-refractivity contribution in [2.45, 2.75) is 20.5 Å². The van der Waals surface area contributed by atoms with Crippen molar-refractivity contribution in [2.24, 2.45) is 0 Å². The van der Waals surface area contributed by atoms with Crippen LogP contribution in [0.25, 0.3) is 0 Å². The van der Waals surface area contributed by atoms with E-state index in [1.165, 1.54) is 0 Å². The molecule has 4 heteroatoms. The smallest absolute Gasteiger partial charge is 0.189 e. The second-order valence-corrected chi connectivity index (χ2v) is 3.93. The number of aliphatic hydroxyl groups excluding tert-OH is 1. The monoisotopic (exact) mass is 274 g/mol. The molecule has 1 aromatic carbocycles. The van der Waals surface area contributed by atoms with Gasteiger partial charge in [0.25, 0.3) is 0 Å². The number of hydrogen-bond donors (Lipinski definition) is 1. The molecule has 84 valence electrons. The van der Waals surface area contributed by atoms with E-state index in [1.807, 2.05) is 19.9 Å². The van der Waals surface area contributed by atoms with E-state index in [-0.39, 0.29) is 13.4 Å². The SMILES string of the molecule is CCOCOc1cc(CO)cc(C)c1Br. The molecule has 0 fully saturated rings. The summed E-state index contributed by atoms with van der Waals surface area (Å²) in [5.74, 6) is 0.701. The van der Waals surface area contributed by atoms with Gasteiger partial charge >= 0.3 is 0 Å². The molecule has 0 spiro atoms. The Morgan fingerprint density at radius 1 is 1.40 bits per heavy atom. The first-order chi connectivity index (χ1) is 7.19. The lowest BCUT2D eigenvalue weighted by atomic mass is 10.1. The van der Waals surface area contributed by atoms with Crippen LogP contribution in [0, 0.1) is 6.92 Å². The first-order valence-corrected chi connectivity index (χ1v) is 5.58. The van der Waals surface area contributed by atoms with Gasteiger partial charge in [0.2, 0.25) is 0 Å². The van der Waals surface area contributed by atoms with Crippen molar-refractivity contribution in [3.05, 3.63) is 27.7 Å². The molecular weight excluding hydrogens is 260 g/mol. The van der Waals surface area contributed by atoms with E-state index in [2.05, 4.69) is 15.9 Å². The number of halogens is 1. The fraction of sp³-hybridized carbons (Fsp3) is 0.455. The third-order valence-corrected chi connectivity index (χ3v) is 2.98. The Balaban J connectivity index is 2.80. The highest BCUT2D eigenvalue weighted by Gasteiger charge is 2.06. The highest BCUT2D eigenvalue weighted by Crippen LogP contribution is 2.30. The molecule has 0 radical (unpaired) electrons. The van der Waals surface area contributed by atoms with Crippen LogP contribution >= 0.6 is 15.9 Å². The van der Waals surface area contributed by atoms with Crippen LogP contribution in [0.15, 0.2) is 16.6 Å². The third kappa shape index (κ3) is 3.48. The average Bonchev–Trinajstić information content (AvgIpc) is 2.24. The Hall–Kier alpha value is -0.580. The Labute approximate surface area is 98.1 Å². The summed E-state index contributed by atoms with van der Waals surface area (Å²) in [6, 6.07) is 3.72. The van der Waals surface area contributed by atoms with Crippen LogP contribution in [0.3, 0.4) is 0 Å². The molecule has 0 heterocycles. The molecule has 1 aromatic rings. The third-order valence-electron chi connectivity index (χ3n) is 1.97. The zero-order chi connectivity index (χ0) is 11.3. The van der Waals surface area contributed by atoms with Crippen LogP contribution < -0.4 is 4.74 Å². The molecule has 0 amide bonds. The summed E-state index contributed by atoms with van der Waals surface area (Å²) in [5.41, 5.74) is 1.87. The van der Waals surface area contributed by atoms with Crippen LogP contribution in [0.2, 0.25) is 0 Å². The van der Waals surface area contributed by atoms with Gasteiger partial charge in [0, 0.05) is 6.61 Å². The fourth-order valence-corrected chi connectivity index (χ4v) is 1.54. The maximum absolute atomic E-state index is 9.05. The summed E-state index contributed by atoms with van der Waals surface area (Å²) in [6.07, 6.45) is 0. The van der Waals surface area contributed by atoms with Gasteiger partial charge in [0.1, 0.15) is 5.75 Å². The van der Waals surface area contributed by atoms with Gasteiger partial charge < -0.3 is 14.6 Å². The Morgan fingerprint density at radius 3 is 2.73 bits per heavy atom. The van der Waals surface area contributed by atoms with Gasteiger partial charge in [-0.1, -0.05) is 6.07 Å². The molecule has 1 N–H and O–H groups in total. The molecular formula is C11H15BrO3. The number of ether oxygens (including phenoxy) is 2. The maximum Gasteiger partial charge on any atom is 0.189 e. The summed E-state index contributed by atoms with van der Waals surface area (Å²) in [5, 5.41) is 9.05. The van der Waals surface area contributed by atoms with Crippen molar-refractivity contribution in [1.82, 2.24) is 0 Å². The van der Waals surface area contributed by atoms with Gasteiger partial charge in [-0.15, -0.1) is 0 Å². The Morgan fingerprint density at radius 2 is 2.13 bits per heavy atom. The van der Waals surface area contributed by atoms with Crippen molar-refractivity contribution >= 4 is 15.9 Å². The number of hydrogen-bond acceptors (Lipinski definition) is 3. The first kappa shape index (κ1) is 12.5. The van der Waals surface area contributed by atoms with Gasteiger partial charge in [-0.2, -0.15) is 0 Å². The van der Waals surface area contributed by atoms with Crippen LogP contribution in [-0.4, -0.2) is 18.5 Å². The summed E-state index contributed by atoms with van der Waals surface area (Å²) < 4.78 is 11.4. The van der Waals surface area contributed by atoms with Crippen LogP contribution in [0.5, 0.6) is 5.75 Å². The minimum absolute atomic E-state index is 0.0130. The van der Waals surface area contributed by atoms with Gasteiger partial charge in [0.15, 0.2) is 6.79 Å². The van der Waals surface area contributed by atoms with Crippen LogP contribution in [0.4, 0.5) is 0 Å². The number of aryl methyl sites for hydroxylation is 1. The van der Waals surface area contributed by atoms with Crippen LogP contribution in [-0.2, 0) is 11.3 Å². The summed E-state index contributed by atoms with van der Waals surface area (Å²) >= 11 is 3.43. The molecule has 0 saturated heterocycles. The first-order valence-electron chi connectivity index (χ1n) is 4.79. The predicted octanol–water partition coefficient (Wildman–Crippen LogP) is 2.62. The van der Waals surface area contributed by atoms with E-state index < -0.39 is 0 Å². The van der Waals surface area contributed by atoms with Crippen LogP contribution in [0.1, 0.15) is 18.1 Å². The number of rotatable bonds is 5. The lowest BCUT2D eigenvalue weighted by Crippen LogP contribution is -2.03. The second-order valence-electron chi connectivity index (χ2n) is 3.14. The largest absolute Gasteiger partial charge is 0.466 e. The topological polar surface area (TPSA) is 38.7 Å². The standard InChI is InChI=1S/C11H15BrO3/c1-3-14-7-15-10-5-9(6-13)4-8(2)11(10)12/h4-5,13H,3,6-7H2,1-2H3. The predicted molar refractivity (Wildman–Crippen MR) is 61.9 cm³/mol. The zero-order valence-electron chi connectivity index (χ0n) is 8.92. The van der Waals surface area contributed by atoms with E-state index in [1.54, 1.807) is 6.07 Å². The Bertz CT molecular complexity index is 326. The maximum atomic E-state index is 9.05. The molecule has 0 atom stereocenters. The summed E-state index contributed by atoms with van der Waals surface area (Å²) in [4.78, 5) is 0. The molecule has 0 aliphatic carbocycles.